The molecular formula is C32H50NO3+. The molecule has 4 nitrogen and oxygen atoms in total. The molecule has 2 aromatic carbocycles. The number of carbonyl (C=O) groups is 1. The Morgan fingerprint density at radius 2 is 1.33 bits per heavy atom. The maximum atomic E-state index is 12.1. The zero-order chi connectivity index (χ0) is 25.9. The predicted octanol–water partition coefficient (Wildman–Crippen LogP) is 7.74. The molecule has 0 aliphatic heterocycles. The van der Waals surface area contributed by atoms with E-state index in [0.717, 1.165) is 29.7 Å². The van der Waals surface area contributed by atoms with E-state index in [2.05, 4.69) is 57.4 Å². The van der Waals surface area contributed by atoms with Gasteiger partial charge in [-0.2, -0.15) is 0 Å². The number of esters is 1. The Morgan fingerprint density at radius 1 is 0.722 bits per heavy atom. The second kappa shape index (κ2) is 18.0. The second-order valence-electron chi connectivity index (χ2n) is 10.7. The molecular weight excluding hydrogens is 446 g/mol. The first-order valence-corrected chi connectivity index (χ1v) is 14.2. The van der Waals surface area contributed by atoms with Crippen molar-refractivity contribution >= 4 is 5.97 Å². The van der Waals surface area contributed by atoms with Gasteiger partial charge in [-0.1, -0.05) is 107 Å². The van der Waals surface area contributed by atoms with Gasteiger partial charge < -0.3 is 14.0 Å². The molecule has 0 spiro atoms. The highest BCUT2D eigenvalue weighted by molar-refractivity contribution is 5.69. The lowest BCUT2D eigenvalue weighted by molar-refractivity contribution is -0.903. The van der Waals surface area contributed by atoms with Crippen LogP contribution in [0.3, 0.4) is 0 Å². The summed E-state index contributed by atoms with van der Waals surface area (Å²) in [6, 6.07) is 18.7. The number of aryl methyl sites for hydroxylation is 1. The average Bonchev–Trinajstić information content (AvgIpc) is 2.88. The van der Waals surface area contributed by atoms with Gasteiger partial charge in [0.15, 0.2) is 0 Å². The minimum absolute atomic E-state index is 0.162. The summed E-state index contributed by atoms with van der Waals surface area (Å²) in [7, 11) is 4.28. The highest BCUT2D eigenvalue weighted by Crippen LogP contribution is 2.16. The summed E-state index contributed by atoms with van der Waals surface area (Å²) in [5, 5.41) is 0. The highest BCUT2D eigenvalue weighted by Gasteiger charge is 2.18. The molecule has 4 heteroatoms. The summed E-state index contributed by atoms with van der Waals surface area (Å²) in [6.45, 7) is 4.58. The summed E-state index contributed by atoms with van der Waals surface area (Å²) in [4.78, 5) is 12.1. The quantitative estimate of drug-likeness (QED) is 0.107. The standard InChI is InChI=1S/C32H50NO3/c1-4-5-6-7-8-9-10-11-12-14-17-29-20-22-31(23-21-29)35-26-27-36-32(34)24-25-33(2,3)28-30-18-15-13-16-19-30/h13,15-16,18-23H,4-12,14,17,24-28H2,1-3H3/q+1. The van der Waals surface area contributed by atoms with Crippen LogP contribution in [0, 0.1) is 0 Å². The van der Waals surface area contributed by atoms with E-state index in [0.29, 0.717) is 13.0 Å². The summed E-state index contributed by atoms with van der Waals surface area (Å²) < 4.78 is 11.9. The first-order valence-electron chi connectivity index (χ1n) is 14.2. The van der Waals surface area contributed by atoms with Crippen molar-refractivity contribution < 1.29 is 18.8 Å². The number of rotatable bonds is 20. The molecule has 0 atom stereocenters. The van der Waals surface area contributed by atoms with Crippen molar-refractivity contribution in [3.8, 4) is 5.75 Å². The van der Waals surface area contributed by atoms with Gasteiger partial charge in [0.1, 0.15) is 25.5 Å². The number of quaternary nitrogens is 1. The van der Waals surface area contributed by atoms with E-state index in [-0.39, 0.29) is 12.6 Å². The first kappa shape index (κ1) is 29.9. The van der Waals surface area contributed by atoms with Crippen molar-refractivity contribution in [3.05, 3.63) is 65.7 Å². The summed E-state index contributed by atoms with van der Waals surface area (Å²) in [5.74, 6) is 0.670. The second-order valence-corrected chi connectivity index (χ2v) is 10.7. The van der Waals surface area contributed by atoms with Crippen LogP contribution in [0.25, 0.3) is 0 Å². The third-order valence-corrected chi connectivity index (χ3v) is 6.73. The third-order valence-electron chi connectivity index (χ3n) is 6.73. The maximum absolute atomic E-state index is 12.1. The van der Waals surface area contributed by atoms with E-state index in [1.54, 1.807) is 0 Å². The van der Waals surface area contributed by atoms with Gasteiger partial charge in [0.2, 0.25) is 0 Å². The van der Waals surface area contributed by atoms with Gasteiger partial charge in [0.25, 0.3) is 0 Å². The molecule has 0 saturated heterocycles. The largest absolute Gasteiger partial charge is 0.490 e. The number of nitrogens with zero attached hydrogens (tertiary/aromatic N) is 1. The molecule has 2 aromatic rings. The lowest BCUT2D eigenvalue weighted by Gasteiger charge is -2.29. The van der Waals surface area contributed by atoms with Crippen LogP contribution in [0.1, 0.15) is 88.7 Å². The predicted molar refractivity (Wildman–Crippen MR) is 150 cm³/mol. The molecule has 36 heavy (non-hydrogen) atoms. The molecule has 0 bridgehead atoms. The molecule has 0 unspecified atom stereocenters. The molecule has 0 fully saturated rings. The van der Waals surface area contributed by atoms with Gasteiger partial charge in [0.05, 0.1) is 27.1 Å². The van der Waals surface area contributed by atoms with E-state index < -0.39 is 0 Å². The minimum atomic E-state index is -0.162. The van der Waals surface area contributed by atoms with E-state index >= 15 is 0 Å². The first-order chi connectivity index (χ1) is 17.5. The van der Waals surface area contributed by atoms with Gasteiger partial charge in [-0.25, -0.2) is 0 Å². The SMILES string of the molecule is CCCCCCCCCCCCc1ccc(OCCOC(=O)CC[N+](C)(C)Cc2ccccc2)cc1. The van der Waals surface area contributed by atoms with Crippen molar-refractivity contribution in [2.45, 2.75) is 90.5 Å². The number of ether oxygens (including phenoxy) is 2. The molecule has 0 saturated carbocycles. The summed E-state index contributed by atoms with van der Waals surface area (Å²) in [6.07, 6.45) is 15.2. The van der Waals surface area contributed by atoms with Crippen LogP contribution in [0.5, 0.6) is 5.75 Å². The molecule has 0 aliphatic rings. The lowest BCUT2D eigenvalue weighted by Crippen LogP contribution is -2.40. The van der Waals surface area contributed by atoms with Gasteiger partial charge in [-0.3, -0.25) is 4.79 Å². The zero-order valence-electron chi connectivity index (χ0n) is 23.2. The van der Waals surface area contributed by atoms with Gasteiger partial charge in [-0.15, -0.1) is 0 Å². The Kier molecular flexibility index (Phi) is 14.9. The topological polar surface area (TPSA) is 35.5 Å². The highest BCUT2D eigenvalue weighted by atomic mass is 16.6. The number of hydrogen-bond donors (Lipinski definition) is 0. The fourth-order valence-corrected chi connectivity index (χ4v) is 4.51. The van der Waals surface area contributed by atoms with Crippen LogP contribution in [0.15, 0.2) is 54.6 Å². The smallest absolute Gasteiger partial charge is 0.311 e. The Balaban J connectivity index is 1.49. The van der Waals surface area contributed by atoms with E-state index in [9.17, 15) is 4.79 Å². The van der Waals surface area contributed by atoms with Crippen LogP contribution in [0.2, 0.25) is 0 Å². The van der Waals surface area contributed by atoms with E-state index in [1.165, 1.54) is 75.3 Å². The maximum Gasteiger partial charge on any atom is 0.311 e. The lowest BCUT2D eigenvalue weighted by atomic mass is 10.0. The van der Waals surface area contributed by atoms with Crippen LogP contribution >= 0.6 is 0 Å². The number of benzene rings is 2. The number of carbonyl (C=O) groups excluding carboxylic acids is 1. The summed E-state index contributed by atoms with van der Waals surface area (Å²) >= 11 is 0. The van der Waals surface area contributed by atoms with Crippen LogP contribution < -0.4 is 4.74 Å². The van der Waals surface area contributed by atoms with Crippen molar-refractivity contribution in [3.63, 3.8) is 0 Å². The summed E-state index contributed by atoms with van der Waals surface area (Å²) in [5.41, 5.74) is 2.64. The van der Waals surface area contributed by atoms with Gasteiger partial charge in [0, 0.05) is 5.56 Å². The number of hydrogen-bond acceptors (Lipinski definition) is 3. The van der Waals surface area contributed by atoms with Crippen molar-refractivity contribution in [2.24, 2.45) is 0 Å². The molecule has 200 valence electrons. The molecule has 0 radical (unpaired) electrons. The van der Waals surface area contributed by atoms with Crippen molar-refractivity contribution in [1.29, 1.82) is 0 Å². The van der Waals surface area contributed by atoms with Crippen molar-refractivity contribution in [1.82, 2.24) is 0 Å². The Morgan fingerprint density at radius 3 is 1.97 bits per heavy atom. The molecule has 2 rings (SSSR count). The van der Waals surface area contributed by atoms with Gasteiger partial charge >= 0.3 is 5.97 Å². The van der Waals surface area contributed by atoms with Gasteiger partial charge in [-0.05, 0) is 30.5 Å². The van der Waals surface area contributed by atoms with E-state index in [4.69, 9.17) is 9.47 Å². The molecule has 0 heterocycles. The Bertz CT molecular complexity index is 817. The van der Waals surface area contributed by atoms with Crippen molar-refractivity contribution in [2.75, 3.05) is 33.9 Å². The Labute approximate surface area is 220 Å². The van der Waals surface area contributed by atoms with Crippen LogP contribution in [-0.2, 0) is 22.5 Å². The fraction of sp³-hybridized carbons (Fsp3) is 0.594. The molecule has 0 N–H and O–H groups in total. The third kappa shape index (κ3) is 14.3. The number of unbranched alkanes of at least 4 members (excludes halogenated alkanes) is 9. The minimum Gasteiger partial charge on any atom is -0.490 e. The Hall–Kier alpha value is -2.33. The van der Waals surface area contributed by atoms with Crippen LogP contribution in [-0.4, -0.2) is 44.3 Å². The molecule has 0 aliphatic carbocycles. The monoisotopic (exact) mass is 496 g/mol. The average molecular weight is 497 g/mol. The van der Waals surface area contributed by atoms with E-state index in [1.807, 2.05) is 18.2 Å². The molecule has 0 amide bonds. The van der Waals surface area contributed by atoms with Crippen LogP contribution in [0.4, 0.5) is 0 Å². The zero-order valence-corrected chi connectivity index (χ0v) is 23.2. The fourth-order valence-electron chi connectivity index (χ4n) is 4.51. The molecule has 0 aromatic heterocycles. The normalized spacial score (nSPS) is 11.4.